The molecule has 3 aromatic carbocycles. The van der Waals surface area contributed by atoms with E-state index in [-0.39, 0.29) is 12.1 Å². The number of carbonyl (C=O) groups is 1. The summed E-state index contributed by atoms with van der Waals surface area (Å²) in [5.41, 5.74) is 6.16. The van der Waals surface area contributed by atoms with Crippen molar-refractivity contribution in [2.24, 2.45) is 0 Å². The van der Waals surface area contributed by atoms with Gasteiger partial charge in [-0.15, -0.1) is 0 Å². The molecular formula is C21H18N2O. The SMILES string of the molecule is Cc1cc(-c2ccccc2)ccc1C1NC(=O)c2ccccc2N1. The number of carbonyl (C=O) groups excluding carboxylic acids is 1. The molecule has 0 aliphatic carbocycles. The average molecular weight is 314 g/mol. The second-order valence-electron chi connectivity index (χ2n) is 6.03. The first-order valence-electron chi connectivity index (χ1n) is 8.05. The van der Waals surface area contributed by atoms with E-state index in [0.29, 0.717) is 5.56 Å². The van der Waals surface area contributed by atoms with E-state index in [1.807, 2.05) is 42.5 Å². The highest BCUT2D eigenvalue weighted by atomic mass is 16.2. The van der Waals surface area contributed by atoms with Crippen molar-refractivity contribution in [1.29, 1.82) is 0 Å². The van der Waals surface area contributed by atoms with E-state index < -0.39 is 0 Å². The fourth-order valence-electron chi connectivity index (χ4n) is 3.17. The topological polar surface area (TPSA) is 41.1 Å². The first kappa shape index (κ1) is 14.5. The van der Waals surface area contributed by atoms with E-state index in [9.17, 15) is 4.79 Å². The van der Waals surface area contributed by atoms with Crippen LogP contribution in [0.25, 0.3) is 11.1 Å². The zero-order chi connectivity index (χ0) is 16.5. The Labute approximate surface area is 141 Å². The zero-order valence-electron chi connectivity index (χ0n) is 13.4. The lowest BCUT2D eigenvalue weighted by molar-refractivity contribution is 0.0935. The summed E-state index contributed by atoms with van der Waals surface area (Å²) in [7, 11) is 0. The second-order valence-corrected chi connectivity index (χ2v) is 6.03. The lowest BCUT2D eigenvalue weighted by Gasteiger charge is -2.29. The van der Waals surface area contributed by atoms with Gasteiger partial charge in [-0.1, -0.05) is 60.7 Å². The first-order valence-corrected chi connectivity index (χ1v) is 8.05. The van der Waals surface area contributed by atoms with E-state index in [1.165, 1.54) is 11.1 Å². The Bertz CT molecular complexity index is 903. The number of rotatable bonds is 2. The molecule has 3 heteroatoms. The predicted octanol–water partition coefficient (Wildman–Crippen LogP) is 4.52. The second kappa shape index (κ2) is 5.85. The van der Waals surface area contributed by atoms with Gasteiger partial charge >= 0.3 is 0 Å². The van der Waals surface area contributed by atoms with Crippen LogP contribution in [0.2, 0.25) is 0 Å². The number of hydrogen-bond donors (Lipinski definition) is 2. The third-order valence-electron chi connectivity index (χ3n) is 4.43. The van der Waals surface area contributed by atoms with Crippen LogP contribution in [0.15, 0.2) is 72.8 Å². The molecule has 2 N–H and O–H groups in total. The molecule has 4 rings (SSSR count). The third-order valence-corrected chi connectivity index (χ3v) is 4.43. The highest BCUT2D eigenvalue weighted by Gasteiger charge is 2.25. The number of amides is 1. The minimum Gasteiger partial charge on any atom is -0.361 e. The summed E-state index contributed by atoms with van der Waals surface area (Å²) in [6.07, 6.45) is -0.211. The summed E-state index contributed by atoms with van der Waals surface area (Å²) in [6, 6.07) is 24.2. The van der Waals surface area contributed by atoms with Gasteiger partial charge in [0.25, 0.3) is 5.91 Å². The fourth-order valence-corrected chi connectivity index (χ4v) is 3.17. The Morgan fingerprint density at radius 2 is 1.54 bits per heavy atom. The van der Waals surface area contributed by atoms with Crippen LogP contribution in [-0.4, -0.2) is 5.91 Å². The molecular weight excluding hydrogens is 296 g/mol. The summed E-state index contributed by atoms with van der Waals surface area (Å²) in [6.45, 7) is 2.08. The minimum absolute atomic E-state index is 0.0408. The van der Waals surface area contributed by atoms with Crippen molar-refractivity contribution in [3.8, 4) is 11.1 Å². The molecule has 3 aromatic rings. The van der Waals surface area contributed by atoms with Crippen molar-refractivity contribution in [1.82, 2.24) is 5.32 Å². The summed E-state index contributed by atoms with van der Waals surface area (Å²) in [4.78, 5) is 12.3. The Hall–Kier alpha value is -3.07. The minimum atomic E-state index is -0.211. The van der Waals surface area contributed by atoms with E-state index in [4.69, 9.17) is 0 Å². The smallest absolute Gasteiger partial charge is 0.255 e. The molecule has 1 unspecified atom stereocenters. The van der Waals surface area contributed by atoms with Gasteiger partial charge in [0.1, 0.15) is 6.17 Å². The lowest BCUT2D eigenvalue weighted by atomic mass is 9.97. The molecule has 1 heterocycles. The molecule has 0 saturated carbocycles. The van der Waals surface area contributed by atoms with Gasteiger partial charge in [0.15, 0.2) is 0 Å². The molecule has 1 aliphatic heterocycles. The Morgan fingerprint density at radius 3 is 2.33 bits per heavy atom. The Kier molecular flexibility index (Phi) is 3.54. The van der Waals surface area contributed by atoms with Crippen molar-refractivity contribution < 1.29 is 4.79 Å². The van der Waals surface area contributed by atoms with Crippen LogP contribution >= 0.6 is 0 Å². The van der Waals surface area contributed by atoms with Crippen molar-refractivity contribution in [2.45, 2.75) is 13.1 Å². The largest absolute Gasteiger partial charge is 0.361 e. The van der Waals surface area contributed by atoms with Gasteiger partial charge < -0.3 is 10.6 Å². The maximum atomic E-state index is 12.3. The lowest BCUT2D eigenvalue weighted by Crippen LogP contribution is -2.38. The molecule has 0 saturated heterocycles. The quantitative estimate of drug-likeness (QED) is 0.730. The number of nitrogens with one attached hydrogen (secondary N) is 2. The van der Waals surface area contributed by atoms with E-state index in [2.05, 4.69) is 47.9 Å². The number of aryl methyl sites for hydroxylation is 1. The molecule has 1 atom stereocenters. The van der Waals surface area contributed by atoms with Crippen molar-refractivity contribution in [3.05, 3.63) is 89.5 Å². The molecule has 1 aliphatic rings. The van der Waals surface area contributed by atoms with Gasteiger partial charge in [-0.3, -0.25) is 4.79 Å². The third kappa shape index (κ3) is 2.54. The van der Waals surface area contributed by atoms with Crippen molar-refractivity contribution >= 4 is 11.6 Å². The normalized spacial score (nSPS) is 16.0. The molecule has 24 heavy (non-hydrogen) atoms. The maximum Gasteiger partial charge on any atom is 0.255 e. The van der Waals surface area contributed by atoms with Crippen LogP contribution in [0.1, 0.15) is 27.7 Å². The van der Waals surface area contributed by atoms with Gasteiger partial charge in [0.2, 0.25) is 0 Å². The number of para-hydroxylation sites is 1. The Morgan fingerprint density at radius 1 is 0.792 bits per heavy atom. The average Bonchev–Trinajstić information content (AvgIpc) is 2.62. The van der Waals surface area contributed by atoms with Gasteiger partial charge in [0.05, 0.1) is 5.56 Å². The van der Waals surface area contributed by atoms with Crippen LogP contribution in [-0.2, 0) is 0 Å². The number of hydrogen-bond acceptors (Lipinski definition) is 2. The van der Waals surface area contributed by atoms with Crippen LogP contribution < -0.4 is 10.6 Å². The number of anilines is 1. The van der Waals surface area contributed by atoms with Gasteiger partial charge in [-0.05, 0) is 41.3 Å². The molecule has 0 fully saturated rings. The van der Waals surface area contributed by atoms with Crippen molar-refractivity contribution in [2.75, 3.05) is 5.32 Å². The zero-order valence-corrected chi connectivity index (χ0v) is 13.4. The van der Waals surface area contributed by atoms with Crippen LogP contribution in [0.5, 0.6) is 0 Å². The standard InChI is InChI=1S/C21H18N2O/c1-14-13-16(15-7-3-2-4-8-15)11-12-17(14)20-22-19-10-6-5-9-18(19)21(24)23-20/h2-13,20,22H,1H3,(H,23,24). The van der Waals surface area contributed by atoms with E-state index in [1.54, 1.807) is 0 Å². The first-order chi connectivity index (χ1) is 11.7. The molecule has 118 valence electrons. The Balaban J connectivity index is 1.67. The van der Waals surface area contributed by atoms with Crippen LogP contribution in [0.4, 0.5) is 5.69 Å². The molecule has 1 amide bonds. The fraction of sp³-hybridized carbons (Fsp3) is 0.0952. The van der Waals surface area contributed by atoms with Gasteiger partial charge in [0, 0.05) is 5.69 Å². The molecule has 0 radical (unpaired) electrons. The highest BCUT2D eigenvalue weighted by molar-refractivity contribution is 6.01. The number of fused-ring (bicyclic) bond motifs is 1. The van der Waals surface area contributed by atoms with E-state index >= 15 is 0 Å². The maximum absolute atomic E-state index is 12.3. The van der Waals surface area contributed by atoms with Gasteiger partial charge in [-0.2, -0.15) is 0 Å². The summed E-state index contributed by atoms with van der Waals surface area (Å²) in [5.74, 6) is -0.0408. The summed E-state index contributed by atoms with van der Waals surface area (Å²) >= 11 is 0. The molecule has 3 nitrogen and oxygen atoms in total. The summed E-state index contributed by atoms with van der Waals surface area (Å²) in [5, 5.41) is 6.45. The number of benzene rings is 3. The van der Waals surface area contributed by atoms with Gasteiger partial charge in [-0.25, -0.2) is 0 Å². The monoisotopic (exact) mass is 314 g/mol. The molecule has 0 spiro atoms. The summed E-state index contributed by atoms with van der Waals surface area (Å²) < 4.78 is 0. The molecule has 0 bridgehead atoms. The predicted molar refractivity (Wildman–Crippen MR) is 96.9 cm³/mol. The van der Waals surface area contributed by atoms with Crippen molar-refractivity contribution in [3.63, 3.8) is 0 Å². The molecule has 0 aromatic heterocycles. The highest BCUT2D eigenvalue weighted by Crippen LogP contribution is 2.30. The van der Waals surface area contributed by atoms with E-state index in [0.717, 1.165) is 16.8 Å². The van der Waals surface area contributed by atoms with Crippen LogP contribution in [0, 0.1) is 6.92 Å². The van der Waals surface area contributed by atoms with Crippen LogP contribution in [0.3, 0.4) is 0 Å².